The Kier molecular flexibility index (Phi) is 8.56. The van der Waals surface area contributed by atoms with Gasteiger partial charge >= 0.3 is 0 Å². The maximum Gasteiger partial charge on any atom is 0.163 e. The summed E-state index contributed by atoms with van der Waals surface area (Å²) in [5.41, 5.74) is 0. The van der Waals surface area contributed by atoms with Crippen LogP contribution in [-0.2, 0) is 14.0 Å². The zero-order valence-corrected chi connectivity index (χ0v) is 16.4. The van der Waals surface area contributed by atoms with Crippen LogP contribution in [0, 0.1) is 17.8 Å². The number of ether oxygens (including phenoxy) is 2. The highest BCUT2D eigenvalue weighted by Crippen LogP contribution is 2.35. The lowest BCUT2D eigenvalue weighted by Gasteiger charge is -2.22. The lowest BCUT2D eigenvalue weighted by Crippen LogP contribution is -2.28. The lowest BCUT2D eigenvalue weighted by atomic mass is 9.92. The minimum Gasteiger partial charge on any atom is -0.366 e. The normalized spacial score (nSPS) is 29.4. The van der Waals surface area contributed by atoms with Crippen LogP contribution in [0.3, 0.4) is 0 Å². The van der Waals surface area contributed by atoms with E-state index in [0.29, 0.717) is 26.6 Å². The first-order chi connectivity index (χ1) is 10.3. The van der Waals surface area contributed by atoms with E-state index in [1.807, 2.05) is 13.8 Å². The quantitative estimate of drug-likeness (QED) is 0.439. The first-order valence-electron chi connectivity index (χ1n) is 8.60. The van der Waals surface area contributed by atoms with Crippen molar-refractivity contribution in [3.63, 3.8) is 0 Å². The molecule has 0 amide bonds. The van der Waals surface area contributed by atoms with E-state index >= 15 is 0 Å². The molecule has 6 atom stereocenters. The molecule has 0 bridgehead atoms. The minimum atomic E-state index is -0.453. The third kappa shape index (κ3) is 6.28. The van der Waals surface area contributed by atoms with Crippen molar-refractivity contribution < 1.29 is 14.0 Å². The molecule has 0 spiro atoms. The Morgan fingerprint density at radius 1 is 1.18 bits per heavy atom. The fourth-order valence-electron chi connectivity index (χ4n) is 2.87. The van der Waals surface area contributed by atoms with Gasteiger partial charge in [-0.3, -0.25) is 0 Å². The molecule has 0 aromatic heterocycles. The van der Waals surface area contributed by atoms with E-state index in [1.165, 1.54) is 0 Å². The zero-order valence-electron chi connectivity index (χ0n) is 15.4. The topological polar surface area (TPSA) is 27.7 Å². The van der Waals surface area contributed by atoms with Crippen LogP contribution < -0.4 is 0 Å². The van der Waals surface area contributed by atoms with E-state index in [-0.39, 0.29) is 12.2 Å². The molecule has 2 unspecified atom stereocenters. The molecule has 4 heteroatoms. The van der Waals surface area contributed by atoms with Crippen molar-refractivity contribution in [2.75, 3.05) is 13.3 Å². The summed E-state index contributed by atoms with van der Waals surface area (Å²) in [6, 6.07) is 0. The number of hydrogen-bond donors (Lipinski definition) is 0. The van der Waals surface area contributed by atoms with Crippen molar-refractivity contribution >= 4 is 8.81 Å². The lowest BCUT2D eigenvalue weighted by molar-refractivity contribution is -0.149. The number of rotatable bonds is 9. The predicted molar refractivity (Wildman–Crippen MR) is 95.6 cm³/mol. The highest BCUT2D eigenvalue weighted by Gasteiger charge is 2.42. The molecule has 3 nitrogen and oxygen atoms in total. The van der Waals surface area contributed by atoms with Crippen molar-refractivity contribution in [1.82, 2.24) is 0 Å². The Hall–Kier alpha value is 0.0500. The molecular weight excluding hydrogens is 295 g/mol. The van der Waals surface area contributed by atoms with E-state index in [0.717, 1.165) is 19.0 Å². The van der Waals surface area contributed by atoms with Gasteiger partial charge in [-0.2, -0.15) is 0 Å². The molecule has 0 N–H and O–H groups in total. The maximum absolute atomic E-state index is 6.14. The molecule has 130 valence electrons. The Labute approximate surface area is 139 Å². The van der Waals surface area contributed by atoms with Crippen molar-refractivity contribution in [3.8, 4) is 0 Å². The molecule has 0 aliphatic carbocycles. The van der Waals surface area contributed by atoms with Crippen LogP contribution in [0.15, 0.2) is 12.2 Å². The van der Waals surface area contributed by atoms with Gasteiger partial charge in [-0.05, 0) is 38.3 Å². The number of allylic oxidation sites excluding steroid dienone is 1. The molecule has 1 aliphatic rings. The van der Waals surface area contributed by atoms with E-state index in [1.54, 1.807) is 7.11 Å². The van der Waals surface area contributed by atoms with E-state index in [2.05, 4.69) is 39.8 Å². The smallest absolute Gasteiger partial charge is 0.163 e. The molecule has 1 aliphatic heterocycles. The van der Waals surface area contributed by atoms with Crippen molar-refractivity contribution in [3.05, 3.63) is 12.2 Å². The third-order valence-corrected chi connectivity index (χ3v) is 5.58. The second-order valence-electron chi connectivity index (χ2n) is 7.06. The summed E-state index contributed by atoms with van der Waals surface area (Å²) in [4.78, 5) is 0. The molecule has 0 aromatic carbocycles. The molecular formula is C18H35O3P. The standard InChI is InChI=1S/C18H35O3P/c1-8-9-16-17(21-18(5,6)20-16)14(3)11-10-13(2)15(4)12-22-19-7/h10-11,13-17,22H,8-9,12H2,1-7H3/b11-10-/t13-,14?,15+,16+,17-/m1/s1. The van der Waals surface area contributed by atoms with Gasteiger partial charge in [0.2, 0.25) is 0 Å². The highest BCUT2D eigenvalue weighted by atomic mass is 31.1. The van der Waals surface area contributed by atoms with Gasteiger partial charge in [0.05, 0.1) is 12.2 Å². The molecule has 1 fully saturated rings. The second-order valence-corrected chi connectivity index (χ2v) is 8.17. The summed E-state index contributed by atoms with van der Waals surface area (Å²) in [6.45, 7) is 13.1. The molecule has 1 rings (SSSR count). The first-order valence-corrected chi connectivity index (χ1v) is 9.72. The second kappa shape index (κ2) is 9.37. The van der Waals surface area contributed by atoms with Gasteiger partial charge in [-0.1, -0.05) is 46.3 Å². The van der Waals surface area contributed by atoms with Gasteiger partial charge in [0, 0.05) is 21.8 Å². The van der Waals surface area contributed by atoms with E-state index in [9.17, 15) is 0 Å². The highest BCUT2D eigenvalue weighted by molar-refractivity contribution is 7.32. The summed E-state index contributed by atoms with van der Waals surface area (Å²) in [5, 5.41) is 0. The zero-order chi connectivity index (χ0) is 16.8. The largest absolute Gasteiger partial charge is 0.366 e. The fourth-order valence-corrected chi connectivity index (χ4v) is 3.67. The first kappa shape index (κ1) is 20.1. The van der Waals surface area contributed by atoms with Crippen LogP contribution in [0.1, 0.15) is 54.4 Å². The Bertz CT molecular complexity index is 343. The molecule has 22 heavy (non-hydrogen) atoms. The fraction of sp³-hybridized carbons (Fsp3) is 0.889. The average Bonchev–Trinajstić information content (AvgIpc) is 2.77. The van der Waals surface area contributed by atoms with Crippen LogP contribution in [0.2, 0.25) is 0 Å². The monoisotopic (exact) mass is 330 g/mol. The number of hydrogen-bond acceptors (Lipinski definition) is 3. The van der Waals surface area contributed by atoms with Crippen LogP contribution >= 0.6 is 8.81 Å². The molecule has 0 radical (unpaired) electrons. The van der Waals surface area contributed by atoms with Gasteiger partial charge < -0.3 is 14.0 Å². The van der Waals surface area contributed by atoms with Crippen LogP contribution in [0.25, 0.3) is 0 Å². The SMILES string of the molecule is CCC[C@@H]1OC(C)(C)O[C@@H]1C(C)/C=C\[C@@H](C)[C@@H](C)CPOC. The van der Waals surface area contributed by atoms with Crippen molar-refractivity contribution in [2.45, 2.75) is 72.4 Å². The van der Waals surface area contributed by atoms with Crippen LogP contribution in [0.5, 0.6) is 0 Å². The molecule has 1 heterocycles. The van der Waals surface area contributed by atoms with Crippen molar-refractivity contribution in [1.29, 1.82) is 0 Å². The minimum absolute atomic E-state index is 0.162. The Balaban J connectivity index is 2.58. The van der Waals surface area contributed by atoms with Gasteiger partial charge in [0.15, 0.2) is 5.79 Å². The molecule has 0 aromatic rings. The van der Waals surface area contributed by atoms with E-state index in [4.69, 9.17) is 14.0 Å². The van der Waals surface area contributed by atoms with Gasteiger partial charge in [-0.25, -0.2) is 0 Å². The Morgan fingerprint density at radius 3 is 2.45 bits per heavy atom. The van der Waals surface area contributed by atoms with Crippen molar-refractivity contribution in [2.24, 2.45) is 17.8 Å². The van der Waals surface area contributed by atoms with Crippen LogP contribution in [0.4, 0.5) is 0 Å². The van der Waals surface area contributed by atoms with Gasteiger partial charge in [0.25, 0.3) is 0 Å². The molecule has 1 saturated heterocycles. The van der Waals surface area contributed by atoms with Gasteiger partial charge in [0.1, 0.15) is 0 Å². The average molecular weight is 330 g/mol. The van der Waals surface area contributed by atoms with E-state index < -0.39 is 5.79 Å². The summed E-state index contributed by atoms with van der Waals surface area (Å²) >= 11 is 0. The summed E-state index contributed by atoms with van der Waals surface area (Å²) < 4.78 is 17.4. The summed E-state index contributed by atoms with van der Waals surface area (Å²) in [7, 11) is 2.38. The summed E-state index contributed by atoms with van der Waals surface area (Å²) in [6.07, 6.45) is 8.35. The van der Waals surface area contributed by atoms with Gasteiger partial charge in [-0.15, -0.1) is 0 Å². The Morgan fingerprint density at radius 2 is 1.86 bits per heavy atom. The maximum atomic E-state index is 6.14. The molecule has 0 saturated carbocycles. The predicted octanol–water partition coefficient (Wildman–Crippen LogP) is 5.01. The van der Waals surface area contributed by atoms with Crippen LogP contribution in [-0.4, -0.2) is 31.3 Å². The summed E-state index contributed by atoms with van der Waals surface area (Å²) in [5.74, 6) is 1.12. The third-order valence-electron chi connectivity index (χ3n) is 4.48.